The zero-order chi connectivity index (χ0) is 34.4. The Kier molecular flexibility index (Phi) is 7.48. The van der Waals surface area contributed by atoms with Crippen LogP contribution in [0.1, 0.15) is 60.3 Å². The maximum atomic E-state index is 13.9. The number of carbonyl (C=O) groups excluding carboxylic acids is 2. The first kappa shape index (κ1) is 30.1. The Bertz CT molecular complexity index is 1860. The lowest BCUT2D eigenvalue weighted by atomic mass is 9.77. The molecule has 0 saturated heterocycles. The van der Waals surface area contributed by atoms with Crippen molar-refractivity contribution in [3.8, 4) is 23.0 Å². The molecule has 4 aromatic rings. The Morgan fingerprint density at radius 3 is 2.13 bits per heavy atom. The van der Waals surface area contributed by atoms with Crippen molar-refractivity contribution in [3.05, 3.63) is 118 Å². The molecule has 6 rings (SSSR count). The molecule has 11 nitrogen and oxygen atoms in total. The van der Waals surface area contributed by atoms with Gasteiger partial charge in [-0.2, -0.15) is 0 Å². The first-order chi connectivity index (χ1) is 22.8. The summed E-state index contributed by atoms with van der Waals surface area (Å²) in [6.07, 6.45) is -1.03. The number of aromatic hydroxyl groups is 2. The number of phenols is 2. The molecule has 0 aliphatic carbocycles. The van der Waals surface area contributed by atoms with Gasteiger partial charge in [0.05, 0.1) is 5.56 Å². The predicted molar refractivity (Wildman–Crippen MR) is 169 cm³/mol. The van der Waals surface area contributed by atoms with E-state index in [1.165, 1.54) is 29.3 Å². The first-order valence-corrected chi connectivity index (χ1v) is 14.9. The maximum absolute atomic E-state index is 13.9. The summed E-state index contributed by atoms with van der Waals surface area (Å²) in [6, 6.07) is 21.3. The van der Waals surface area contributed by atoms with Crippen LogP contribution in [-0.4, -0.2) is 62.0 Å². The highest BCUT2D eigenvalue weighted by Gasteiger charge is 2.54. The summed E-state index contributed by atoms with van der Waals surface area (Å²) in [7, 11) is -0.556. The van der Waals surface area contributed by atoms with Gasteiger partial charge >= 0.3 is 18.0 Å². The number of aliphatic carboxylic acids is 1. The average Bonchev–Trinajstić information content (AvgIpc) is 3.32. The highest BCUT2D eigenvalue weighted by molar-refractivity contribution is 5.98. The SMILES string of the molecule is [2H]CN(Cc1cccc2c1C(=O)OC21c2ccc(O)cc2Oc2cc(O)ccc21)N(C(=O)OC(C)(C)C)[C@@H](Cc1ccccc1)C(=O)O. The van der Waals surface area contributed by atoms with Crippen LogP contribution in [0.5, 0.6) is 23.0 Å². The monoisotopic (exact) mass is 639 g/mol. The number of ether oxygens (including phenoxy) is 3. The smallest absolute Gasteiger partial charge is 0.425 e. The van der Waals surface area contributed by atoms with Gasteiger partial charge in [0.25, 0.3) is 0 Å². The fourth-order valence-electron chi connectivity index (χ4n) is 6.08. The number of carboxylic acid groups (broad SMARTS) is 1. The molecule has 47 heavy (non-hydrogen) atoms. The van der Waals surface area contributed by atoms with Crippen LogP contribution in [0, 0.1) is 0 Å². The van der Waals surface area contributed by atoms with Gasteiger partial charge in [-0.25, -0.2) is 24.4 Å². The van der Waals surface area contributed by atoms with Crippen molar-refractivity contribution in [1.29, 1.82) is 0 Å². The van der Waals surface area contributed by atoms with Gasteiger partial charge in [0.15, 0.2) is 11.6 Å². The number of carbonyl (C=O) groups is 3. The van der Waals surface area contributed by atoms with Gasteiger partial charge in [0.2, 0.25) is 0 Å². The number of carboxylic acids is 1. The average molecular weight is 640 g/mol. The van der Waals surface area contributed by atoms with Crippen molar-refractivity contribution >= 4 is 18.0 Å². The summed E-state index contributed by atoms with van der Waals surface area (Å²) in [5.41, 5.74) is -0.0196. The fourth-order valence-corrected chi connectivity index (χ4v) is 6.08. The van der Waals surface area contributed by atoms with E-state index in [1.807, 2.05) is 0 Å². The van der Waals surface area contributed by atoms with Crippen molar-refractivity contribution in [2.45, 2.75) is 51.0 Å². The van der Waals surface area contributed by atoms with Crippen LogP contribution in [0.2, 0.25) is 0 Å². The Morgan fingerprint density at radius 2 is 1.55 bits per heavy atom. The molecule has 0 saturated carbocycles. The standard InChI is InChI=1S/C36H34N2O9/c1-35(2,3)47-34(44)38(28(32(41)42)17-21-9-6-5-7-10-21)37(4)20-22-11-8-12-27-31(22)33(43)46-36(27)25-15-13-23(39)18-29(25)45-30-19-24(40)14-16-26(30)36/h5-16,18-19,28,39-40H,17,20H2,1-4H3,(H,41,42)/t28-/m0/s1/i4D. The second-order valence-corrected chi connectivity index (χ2v) is 12.4. The maximum Gasteiger partial charge on any atom is 0.425 e. The molecule has 242 valence electrons. The number of hydrazine groups is 1. The van der Waals surface area contributed by atoms with E-state index in [2.05, 4.69) is 0 Å². The third-order valence-corrected chi connectivity index (χ3v) is 7.98. The summed E-state index contributed by atoms with van der Waals surface area (Å²) in [5, 5.41) is 33.0. The molecule has 2 heterocycles. The number of benzene rings is 4. The van der Waals surface area contributed by atoms with E-state index >= 15 is 0 Å². The number of hydrogen-bond donors (Lipinski definition) is 3. The number of esters is 1. The second kappa shape index (κ2) is 11.7. The largest absolute Gasteiger partial charge is 0.508 e. The molecular formula is C36H34N2O9. The molecule has 0 aromatic heterocycles. The van der Waals surface area contributed by atoms with Gasteiger partial charge in [-0.1, -0.05) is 48.5 Å². The van der Waals surface area contributed by atoms with Crippen molar-refractivity contribution < 1.29 is 45.3 Å². The van der Waals surface area contributed by atoms with Crippen LogP contribution < -0.4 is 4.74 Å². The van der Waals surface area contributed by atoms with Crippen molar-refractivity contribution in [2.24, 2.45) is 0 Å². The van der Waals surface area contributed by atoms with Crippen molar-refractivity contribution in [2.75, 3.05) is 7.02 Å². The van der Waals surface area contributed by atoms with E-state index in [4.69, 9.17) is 15.6 Å². The number of fused-ring (bicyclic) bond motifs is 6. The zero-order valence-corrected chi connectivity index (χ0v) is 26.0. The topological polar surface area (TPSA) is 146 Å². The number of nitrogens with zero attached hydrogens (tertiary/aromatic N) is 2. The van der Waals surface area contributed by atoms with Gasteiger partial charge in [0.1, 0.15) is 28.6 Å². The summed E-state index contributed by atoms with van der Waals surface area (Å²) in [5.74, 6) is -1.73. The van der Waals surface area contributed by atoms with Crippen molar-refractivity contribution in [1.82, 2.24) is 10.0 Å². The predicted octanol–water partition coefficient (Wildman–Crippen LogP) is 5.95. The minimum Gasteiger partial charge on any atom is -0.508 e. The van der Waals surface area contributed by atoms with E-state index in [0.717, 1.165) is 5.01 Å². The molecule has 1 atom stereocenters. The molecule has 0 fully saturated rings. The number of amides is 1. The normalized spacial score (nSPS) is 15.1. The number of hydrogen-bond acceptors (Lipinski definition) is 9. The molecule has 4 aromatic carbocycles. The zero-order valence-electron chi connectivity index (χ0n) is 27.0. The molecular weight excluding hydrogens is 604 g/mol. The molecule has 2 aliphatic heterocycles. The van der Waals surface area contributed by atoms with E-state index in [9.17, 15) is 29.7 Å². The van der Waals surface area contributed by atoms with Gasteiger partial charge in [-0.15, -0.1) is 0 Å². The summed E-state index contributed by atoms with van der Waals surface area (Å²) in [6.45, 7) is 4.74. The Hall–Kier alpha value is -5.55. The van der Waals surface area contributed by atoms with E-state index in [1.54, 1.807) is 81.4 Å². The highest BCUT2D eigenvalue weighted by atomic mass is 16.6. The third-order valence-electron chi connectivity index (χ3n) is 7.98. The van der Waals surface area contributed by atoms with Crippen LogP contribution in [-0.2, 0) is 32.8 Å². The lowest BCUT2D eigenvalue weighted by Gasteiger charge is -2.37. The molecule has 0 radical (unpaired) electrons. The van der Waals surface area contributed by atoms with Crippen LogP contribution >= 0.6 is 0 Å². The Labute approximate surface area is 272 Å². The summed E-state index contributed by atoms with van der Waals surface area (Å²) >= 11 is 0. The van der Waals surface area contributed by atoms with Crippen LogP contribution in [0.4, 0.5) is 4.79 Å². The molecule has 2 aliphatic rings. The quantitative estimate of drug-likeness (QED) is 0.164. The van der Waals surface area contributed by atoms with E-state index < -0.39 is 42.3 Å². The molecule has 1 amide bonds. The molecule has 0 bridgehead atoms. The Balaban J connectivity index is 1.47. The molecule has 0 unspecified atom stereocenters. The van der Waals surface area contributed by atoms with Crippen LogP contribution in [0.3, 0.4) is 0 Å². The second-order valence-electron chi connectivity index (χ2n) is 12.4. The van der Waals surface area contributed by atoms with Gasteiger partial charge in [0, 0.05) is 50.2 Å². The van der Waals surface area contributed by atoms with Crippen molar-refractivity contribution in [3.63, 3.8) is 0 Å². The van der Waals surface area contributed by atoms with Crippen LogP contribution in [0.25, 0.3) is 0 Å². The summed E-state index contributed by atoms with van der Waals surface area (Å²) in [4.78, 5) is 40.4. The van der Waals surface area contributed by atoms with Gasteiger partial charge in [-0.3, -0.25) is 0 Å². The lowest BCUT2D eigenvalue weighted by Crippen LogP contribution is -2.55. The molecule has 11 heteroatoms. The number of phenolic OH excluding ortho intramolecular Hbond substituents is 2. The lowest BCUT2D eigenvalue weighted by molar-refractivity contribution is -0.151. The first-order valence-electron chi connectivity index (χ1n) is 15.6. The van der Waals surface area contributed by atoms with E-state index in [-0.39, 0.29) is 41.5 Å². The minimum atomic E-state index is -1.53. The minimum absolute atomic E-state index is 0.0722. The Morgan fingerprint density at radius 1 is 0.915 bits per heavy atom. The van der Waals surface area contributed by atoms with Gasteiger partial charge in [-0.05, 0) is 56.2 Å². The summed E-state index contributed by atoms with van der Waals surface area (Å²) < 4.78 is 26.4. The molecule has 3 N–H and O–H groups in total. The highest BCUT2D eigenvalue weighted by Crippen LogP contribution is 2.57. The van der Waals surface area contributed by atoms with Crippen LogP contribution in [0.15, 0.2) is 84.9 Å². The van der Waals surface area contributed by atoms with Gasteiger partial charge < -0.3 is 29.5 Å². The molecule has 1 spiro atoms. The van der Waals surface area contributed by atoms with E-state index in [0.29, 0.717) is 27.8 Å². The number of rotatable bonds is 7. The third kappa shape index (κ3) is 5.70. The fraction of sp³-hybridized carbons (Fsp3) is 0.250.